The van der Waals surface area contributed by atoms with E-state index in [9.17, 15) is 9.59 Å². The van der Waals surface area contributed by atoms with Gasteiger partial charge in [-0.1, -0.05) is 17.7 Å². The molecular formula is C21H24N2O4. The first kappa shape index (κ1) is 18.8. The molecule has 2 aromatic rings. The number of rotatable bonds is 4. The van der Waals surface area contributed by atoms with Gasteiger partial charge in [-0.25, -0.2) is 0 Å². The number of benzene rings is 2. The maximum Gasteiger partial charge on any atom is 0.254 e. The van der Waals surface area contributed by atoms with Gasteiger partial charge in [-0.05, 0) is 37.3 Å². The van der Waals surface area contributed by atoms with Gasteiger partial charge in [0.05, 0.1) is 14.2 Å². The fourth-order valence-electron chi connectivity index (χ4n) is 3.23. The molecule has 1 saturated heterocycles. The van der Waals surface area contributed by atoms with Crippen LogP contribution >= 0.6 is 0 Å². The number of carbonyl (C=O) groups is 2. The minimum atomic E-state index is -0.0707. The van der Waals surface area contributed by atoms with Gasteiger partial charge in [0.25, 0.3) is 11.8 Å². The molecule has 1 aliphatic rings. The molecule has 0 bridgehead atoms. The number of ether oxygens (including phenoxy) is 2. The van der Waals surface area contributed by atoms with Crippen molar-refractivity contribution >= 4 is 11.8 Å². The van der Waals surface area contributed by atoms with Crippen molar-refractivity contribution in [3.63, 3.8) is 0 Å². The third kappa shape index (κ3) is 4.05. The Morgan fingerprint density at radius 2 is 1.33 bits per heavy atom. The SMILES string of the molecule is COc1ccc(C(=O)N2CCN(C(=O)c3cccc(C)c3)CC2)cc1OC. The van der Waals surface area contributed by atoms with E-state index in [1.807, 2.05) is 31.2 Å². The van der Waals surface area contributed by atoms with Crippen LogP contribution in [-0.2, 0) is 0 Å². The smallest absolute Gasteiger partial charge is 0.254 e. The predicted octanol–water partition coefficient (Wildman–Crippen LogP) is 2.61. The first-order chi connectivity index (χ1) is 13.0. The summed E-state index contributed by atoms with van der Waals surface area (Å²) in [4.78, 5) is 29.0. The molecule has 0 atom stereocenters. The summed E-state index contributed by atoms with van der Waals surface area (Å²) >= 11 is 0. The lowest BCUT2D eigenvalue weighted by atomic mass is 10.1. The highest BCUT2D eigenvalue weighted by Gasteiger charge is 2.26. The van der Waals surface area contributed by atoms with Crippen LogP contribution in [-0.4, -0.2) is 62.0 Å². The monoisotopic (exact) mass is 368 g/mol. The van der Waals surface area contributed by atoms with Crippen LogP contribution in [0.5, 0.6) is 11.5 Å². The molecule has 0 spiro atoms. The molecule has 1 fully saturated rings. The molecule has 0 aromatic heterocycles. The first-order valence-corrected chi connectivity index (χ1v) is 8.90. The van der Waals surface area contributed by atoms with E-state index < -0.39 is 0 Å². The third-order valence-corrected chi connectivity index (χ3v) is 4.75. The quantitative estimate of drug-likeness (QED) is 0.832. The zero-order valence-electron chi connectivity index (χ0n) is 15.9. The van der Waals surface area contributed by atoms with E-state index in [1.54, 1.807) is 42.2 Å². The summed E-state index contributed by atoms with van der Waals surface area (Å²) in [5.74, 6) is 1.05. The van der Waals surface area contributed by atoms with E-state index in [0.717, 1.165) is 5.56 Å². The topological polar surface area (TPSA) is 59.1 Å². The Bertz CT molecular complexity index is 842. The van der Waals surface area contributed by atoms with Gasteiger partial charge in [0, 0.05) is 37.3 Å². The van der Waals surface area contributed by atoms with E-state index in [1.165, 1.54) is 0 Å². The number of amides is 2. The van der Waals surface area contributed by atoms with E-state index in [2.05, 4.69) is 0 Å². The number of hydrogen-bond donors (Lipinski definition) is 0. The van der Waals surface area contributed by atoms with Crippen LogP contribution in [0.15, 0.2) is 42.5 Å². The lowest BCUT2D eigenvalue weighted by molar-refractivity contribution is 0.0535. The number of nitrogens with zero attached hydrogens (tertiary/aromatic N) is 2. The largest absolute Gasteiger partial charge is 0.493 e. The van der Waals surface area contributed by atoms with Gasteiger partial charge in [-0.2, -0.15) is 0 Å². The van der Waals surface area contributed by atoms with Crippen LogP contribution < -0.4 is 9.47 Å². The second-order valence-electron chi connectivity index (χ2n) is 6.52. The van der Waals surface area contributed by atoms with Gasteiger partial charge in [0.15, 0.2) is 11.5 Å². The molecule has 0 N–H and O–H groups in total. The van der Waals surface area contributed by atoms with Crippen molar-refractivity contribution in [3.05, 3.63) is 59.2 Å². The third-order valence-electron chi connectivity index (χ3n) is 4.75. The summed E-state index contributed by atoms with van der Waals surface area (Å²) in [6.45, 7) is 4.02. The molecule has 1 heterocycles. The lowest BCUT2D eigenvalue weighted by Gasteiger charge is -2.35. The zero-order chi connectivity index (χ0) is 19.4. The number of methoxy groups -OCH3 is 2. The minimum Gasteiger partial charge on any atom is -0.493 e. The van der Waals surface area contributed by atoms with Crippen LogP contribution in [0.4, 0.5) is 0 Å². The molecule has 2 aromatic carbocycles. The maximum atomic E-state index is 12.8. The molecule has 6 nitrogen and oxygen atoms in total. The molecule has 0 unspecified atom stereocenters. The normalized spacial score (nSPS) is 14.0. The van der Waals surface area contributed by atoms with Crippen LogP contribution in [0.2, 0.25) is 0 Å². The molecule has 0 aliphatic carbocycles. The van der Waals surface area contributed by atoms with Gasteiger partial charge in [-0.15, -0.1) is 0 Å². The van der Waals surface area contributed by atoms with E-state index in [-0.39, 0.29) is 11.8 Å². The van der Waals surface area contributed by atoms with Crippen LogP contribution in [0.25, 0.3) is 0 Å². The average Bonchev–Trinajstić information content (AvgIpc) is 2.72. The highest BCUT2D eigenvalue weighted by molar-refractivity contribution is 5.96. The average molecular weight is 368 g/mol. The van der Waals surface area contributed by atoms with Crippen LogP contribution in [0, 0.1) is 6.92 Å². The predicted molar refractivity (Wildman–Crippen MR) is 103 cm³/mol. The number of carbonyl (C=O) groups excluding carboxylic acids is 2. The summed E-state index contributed by atoms with van der Waals surface area (Å²) in [6, 6.07) is 12.7. The van der Waals surface area contributed by atoms with E-state index >= 15 is 0 Å². The maximum absolute atomic E-state index is 12.8. The summed E-state index contributed by atoms with van der Waals surface area (Å²) in [6.07, 6.45) is 0. The van der Waals surface area contributed by atoms with Crippen molar-refractivity contribution in [2.75, 3.05) is 40.4 Å². The Hall–Kier alpha value is -3.02. The second kappa shape index (κ2) is 8.12. The van der Waals surface area contributed by atoms with Crippen LogP contribution in [0.3, 0.4) is 0 Å². The van der Waals surface area contributed by atoms with Gasteiger partial charge in [-0.3, -0.25) is 9.59 Å². The highest BCUT2D eigenvalue weighted by atomic mass is 16.5. The van der Waals surface area contributed by atoms with Crippen molar-refractivity contribution in [2.45, 2.75) is 6.92 Å². The van der Waals surface area contributed by atoms with Crippen molar-refractivity contribution < 1.29 is 19.1 Å². The van der Waals surface area contributed by atoms with E-state index in [0.29, 0.717) is 48.8 Å². The summed E-state index contributed by atoms with van der Waals surface area (Å²) in [5.41, 5.74) is 2.30. The molecular weight excluding hydrogens is 344 g/mol. The summed E-state index contributed by atoms with van der Waals surface area (Å²) < 4.78 is 10.5. The van der Waals surface area contributed by atoms with Crippen molar-refractivity contribution in [1.82, 2.24) is 9.80 Å². The minimum absolute atomic E-state index is 0.0110. The molecule has 27 heavy (non-hydrogen) atoms. The molecule has 0 radical (unpaired) electrons. The Balaban J connectivity index is 1.65. The summed E-state index contributed by atoms with van der Waals surface area (Å²) in [5, 5.41) is 0. The summed E-state index contributed by atoms with van der Waals surface area (Å²) in [7, 11) is 3.10. The Labute approximate surface area is 159 Å². The number of hydrogen-bond acceptors (Lipinski definition) is 4. The molecule has 6 heteroatoms. The molecule has 142 valence electrons. The van der Waals surface area contributed by atoms with Gasteiger partial charge in [0.1, 0.15) is 0 Å². The van der Waals surface area contributed by atoms with E-state index in [4.69, 9.17) is 9.47 Å². The van der Waals surface area contributed by atoms with Gasteiger partial charge < -0.3 is 19.3 Å². The van der Waals surface area contributed by atoms with Crippen molar-refractivity contribution in [3.8, 4) is 11.5 Å². The highest BCUT2D eigenvalue weighted by Crippen LogP contribution is 2.28. The van der Waals surface area contributed by atoms with Crippen molar-refractivity contribution in [2.24, 2.45) is 0 Å². The molecule has 0 saturated carbocycles. The molecule has 2 amide bonds. The fraction of sp³-hybridized carbons (Fsp3) is 0.333. The van der Waals surface area contributed by atoms with Crippen molar-refractivity contribution in [1.29, 1.82) is 0 Å². The molecule has 3 rings (SSSR count). The Kier molecular flexibility index (Phi) is 5.64. The fourth-order valence-corrected chi connectivity index (χ4v) is 3.23. The lowest BCUT2D eigenvalue weighted by Crippen LogP contribution is -2.50. The Morgan fingerprint density at radius 3 is 1.85 bits per heavy atom. The number of piperazine rings is 1. The van der Waals surface area contributed by atoms with Gasteiger partial charge >= 0.3 is 0 Å². The zero-order valence-corrected chi connectivity index (χ0v) is 15.9. The first-order valence-electron chi connectivity index (χ1n) is 8.90. The standard InChI is InChI=1S/C21H24N2O4/c1-15-5-4-6-16(13-15)20(24)22-9-11-23(12-10-22)21(25)17-7-8-18(26-2)19(14-17)27-3/h4-8,13-14H,9-12H2,1-3H3. The number of aryl methyl sites for hydroxylation is 1. The Morgan fingerprint density at radius 1 is 0.778 bits per heavy atom. The van der Waals surface area contributed by atoms with Gasteiger partial charge in [0.2, 0.25) is 0 Å². The van der Waals surface area contributed by atoms with Crippen LogP contribution in [0.1, 0.15) is 26.3 Å². The second-order valence-corrected chi connectivity index (χ2v) is 6.52. The molecule has 1 aliphatic heterocycles.